The summed E-state index contributed by atoms with van der Waals surface area (Å²) in [7, 11) is 0. The Bertz CT molecular complexity index is 439. The first kappa shape index (κ1) is 11.4. The van der Waals surface area contributed by atoms with Gasteiger partial charge in [0.05, 0.1) is 0 Å². The molecule has 16 heavy (non-hydrogen) atoms. The van der Waals surface area contributed by atoms with E-state index in [9.17, 15) is 0 Å². The van der Waals surface area contributed by atoms with E-state index in [2.05, 4.69) is 65.0 Å². The molecule has 0 spiro atoms. The van der Waals surface area contributed by atoms with Gasteiger partial charge in [-0.15, -0.1) is 0 Å². The molecule has 0 nitrogen and oxygen atoms in total. The maximum Gasteiger partial charge on any atom is 0 e. The van der Waals surface area contributed by atoms with Crippen LogP contribution in [0.5, 0.6) is 0 Å². The maximum absolute atomic E-state index is 3.53. The lowest BCUT2D eigenvalue weighted by molar-refractivity contribution is 0.316. The van der Waals surface area contributed by atoms with Gasteiger partial charge in [-0.1, -0.05) is 57.5 Å². The van der Waals surface area contributed by atoms with Crippen molar-refractivity contribution in [2.24, 2.45) is 5.41 Å². The van der Waals surface area contributed by atoms with Crippen molar-refractivity contribution in [3.8, 4) is 0 Å². The second-order valence-corrected chi connectivity index (χ2v) is 6.32. The Morgan fingerprint density at radius 1 is 1.19 bits per heavy atom. The van der Waals surface area contributed by atoms with Gasteiger partial charge in [0.2, 0.25) is 0 Å². The van der Waals surface area contributed by atoms with Gasteiger partial charge in [-0.2, -0.15) is 0 Å². The molecule has 1 aromatic rings. The lowest BCUT2D eigenvalue weighted by Crippen LogP contribution is -2.25. The third-order valence-electron chi connectivity index (χ3n) is 3.44. The van der Waals surface area contributed by atoms with Crippen LogP contribution in [-0.2, 0) is 5.41 Å². The molecule has 0 N–H and O–H groups in total. The first-order chi connectivity index (χ1) is 7.30. The zero-order chi connectivity index (χ0) is 12.0. The van der Waals surface area contributed by atoms with Crippen LogP contribution in [-0.4, -0.2) is 0 Å². The van der Waals surface area contributed by atoms with E-state index in [0.717, 1.165) is 6.42 Å². The van der Waals surface area contributed by atoms with Crippen LogP contribution in [0.2, 0.25) is 0 Å². The highest BCUT2D eigenvalue weighted by molar-refractivity contribution is 5.57. The van der Waals surface area contributed by atoms with E-state index in [1.807, 2.05) is 0 Å². The minimum Gasteiger partial charge on any atom is -0.0587 e. The SMILES string of the molecule is Cc1ccc2c(c1)C(C)(C)CC(C)(C)[C]=C2.[HH]. The van der Waals surface area contributed by atoms with Crippen molar-refractivity contribution in [1.82, 2.24) is 0 Å². The largest absolute Gasteiger partial charge is 0.0587 e. The van der Waals surface area contributed by atoms with Crippen molar-refractivity contribution >= 4 is 6.08 Å². The van der Waals surface area contributed by atoms with E-state index >= 15 is 0 Å². The summed E-state index contributed by atoms with van der Waals surface area (Å²) < 4.78 is 0. The predicted octanol–water partition coefficient (Wildman–Crippen LogP) is 4.76. The predicted molar refractivity (Wildman–Crippen MR) is 72.4 cm³/mol. The highest BCUT2D eigenvalue weighted by Gasteiger charge is 2.32. The summed E-state index contributed by atoms with van der Waals surface area (Å²) in [5.41, 5.74) is 4.54. The Morgan fingerprint density at radius 2 is 1.88 bits per heavy atom. The fraction of sp³-hybridized carbons (Fsp3) is 0.500. The molecule has 0 atom stereocenters. The van der Waals surface area contributed by atoms with Crippen molar-refractivity contribution in [1.29, 1.82) is 0 Å². The molecular formula is C16H23. The molecule has 2 rings (SSSR count). The number of allylic oxidation sites excluding steroid dienone is 1. The van der Waals surface area contributed by atoms with E-state index < -0.39 is 0 Å². The summed E-state index contributed by atoms with van der Waals surface area (Å²) >= 11 is 0. The number of hydrogen-bond donors (Lipinski definition) is 0. The average Bonchev–Trinajstić information content (AvgIpc) is 2.21. The Balaban J connectivity index is 0.00000144. The smallest absolute Gasteiger partial charge is 0 e. The average molecular weight is 215 g/mol. The number of fused-ring (bicyclic) bond motifs is 1. The second kappa shape index (κ2) is 3.48. The molecule has 0 heterocycles. The molecule has 0 saturated heterocycles. The van der Waals surface area contributed by atoms with Gasteiger partial charge in [0.15, 0.2) is 0 Å². The quantitative estimate of drug-likeness (QED) is 0.585. The van der Waals surface area contributed by atoms with Crippen LogP contribution in [0.1, 0.15) is 52.2 Å². The monoisotopic (exact) mass is 215 g/mol. The molecule has 0 heteroatoms. The number of hydrogen-bond acceptors (Lipinski definition) is 0. The standard InChI is InChI=1S/C16H21.H2/c1-12-6-7-13-8-9-15(2,3)11-16(4,5)14(13)10-12;/h6-8,10H,11H2,1-5H3;1H. The Kier molecular flexibility index (Phi) is 2.49. The molecule has 0 aromatic heterocycles. The van der Waals surface area contributed by atoms with Crippen molar-refractivity contribution in [3.63, 3.8) is 0 Å². The highest BCUT2D eigenvalue weighted by Crippen LogP contribution is 2.41. The fourth-order valence-corrected chi connectivity index (χ4v) is 2.91. The van der Waals surface area contributed by atoms with Gasteiger partial charge >= 0.3 is 0 Å². The summed E-state index contributed by atoms with van der Waals surface area (Å²) in [6.07, 6.45) is 6.84. The Morgan fingerprint density at radius 3 is 2.56 bits per heavy atom. The zero-order valence-corrected chi connectivity index (χ0v) is 11.0. The van der Waals surface area contributed by atoms with E-state index in [1.165, 1.54) is 16.7 Å². The first-order valence-electron chi connectivity index (χ1n) is 6.02. The minimum atomic E-state index is 0. The van der Waals surface area contributed by atoms with Crippen LogP contribution in [0.25, 0.3) is 6.08 Å². The van der Waals surface area contributed by atoms with Crippen molar-refractivity contribution < 1.29 is 1.43 Å². The molecular weight excluding hydrogens is 192 g/mol. The molecule has 1 aromatic carbocycles. The van der Waals surface area contributed by atoms with Gasteiger partial charge in [-0.3, -0.25) is 0 Å². The summed E-state index contributed by atoms with van der Waals surface area (Å²) in [5.74, 6) is 0. The van der Waals surface area contributed by atoms with Crippen molar-refractivity contribution in [3.05, 3.63) is 41.0 Å². The molecule has 87 valence electrons. The minimum absolute atomic E-state index is 0. The Labute approximate surface area is 101 Å². The topological polar surface area (TPSA) is 0 Å². The molecule has 0 unspecified atom stereocenters. The van der Waals surface area contributed by atoms with Gasteiger partial charge in [-0.25, -0.2) is 0 Å². The third-order valence-corrected chi connectivity index (χ3v) is 3.44. The van der Waals surface area contributed by atoms with Gasteiger partial charge in [0, 0.05) is 1.43 Å². The van der Waals surface area contributed by atoms with E-state index in [0.29, 0.717) is 0 Å². The fourth-order valence-electron chi connectivity index (χ4n) is 2.91. The molecule has 1 radical (unpaired) electrons. The maximum atomic E-state index is 3.53. The Hall–Kier alpha value is -1.04. The molecule has 0 fully saturated rings. The van der Waals surface area contributed by atoms with Crippen LogP contribution < -0.4 is 0 Å². The van der Waals surface area contributed by atoms with Crippen LogP contribution in [0, 0.1) is 18.4 Å². The molecule has 1 aliphatic carbocycles. The summed E-state index contributed by atoms with van der Waals surface area (Å²) in [5, 5.41) is 0. The summed E-state index contributed by atoms with van der Waals surface area (Å²) in [6, 6.07) is 6.74. The van der Waals surface area contributed by atoms with Crippen molar-refractivity contribution in [2.45, 2.75) is 46.5 Å². The number of benzene rings is 1. The first-order valence-corrected chi connectivity index (χ1v) is 6.02. The third kappa shape index (κ3) is 2.07. The normalized spacial score (nSPS) is 21.3. The number of rotatable bonds is 0. The molecule has 0 amide bonds. The van der Waals surface area contributed by atoms with E-state index in [-0.39, 0.29) is 12.3 Å². The molecule has 0 bridgehead atoms. The van der Waals surface area contributed by atoms with Gasteiger partial charge in [0.1, 0.15) is 0 Å². The lowest BCUT2D eigenvalue weighted by atomic mass is 9.72. The van der Waals surface area contributed by atoms with Crippen LogP contribution in [0.4, 0.5) is 0 Å². The molecule has 1 aliphatic rings. The van der Waals surface area contributed by atoms with Gasteiger partial charge in [0.25, 0.3) is 0 Å². The van der Waals surface area contributed by atoms with E-state index in [4.69, 9.17) is 0 Å². The van der Waals surface area contributed by atoms with Crippen LogP contribution in [0.3, 0.4) is 0 Å². The lowest BCUT2D eigenvalue weighted by Gasteiger charge is -2.32. The van der Waals surface area contributed by atoms with Crippen molar-refractivity contribution in [2.75, 3.05) is 0 Å². The second-order valence-electron chi connectivity index (χ2n) is 6.32. The van der Waals surface area contributed by atoms with Gasteiger partial charge in [-0.05, 0) is 41.4 Å². The summed E-state index contributed by atoms with van der Waals surface area (Å²) in [4.78, 5) is 0. The van der Waals surface area contributed by atoms with Gasteiger partial charge < -0.3 is 0 Å². The zero-order valence-electron chi connectivity index (χ0n) is 11.0. The molecule has 0 aliphatic heterocycles. The van der Waals surface area contributed by atoms with E-state index in [1.54, 1.807) is 0 Å². The highest BCUT2D eigenvalue weighted by atomic mass is 14.4. The number of aryl methyl sites for hydroxylation is 1. The van der Waals surface area contributed by atoms with Crippen LogP contribution in [0.15, 0.2) is 18.2 Å². The summed E-state index contributed by atoms with van der Waals surface area (Å²) in [6.45, 7) is 11.4. The molecule has 0 saturated carbocycles. The van der Waals surface area contributed by atoms with Crippen LogP contribution >= 0.6 is 0 Å².